The Balaban J connectivity index is -0.000000218. The van der Waals surface area contributed by atoms with Crippen molar-refractivity contribution in [2.75, 3.05) is 13.1 Å². The normalized spacial score (nSPS) is 11.8. The zero-order valence-corrected chi connectivity index (χ0v) is 11.3. The minimum absolute atomic E-state index is 0. The van der Waals surface area contributed by atoms with Gasteiger partial charge in [-0.25, -0.2) is 0 Å². The molecule has 0 unspecified atom stereocenters. The third-order valence-electron chi connectivity index (χ3n) is 1.71. The first kappa shape index (κ1) is 21.8. The molecule has 0 fully saturated rings. The lowest BCUT2D eigenvalue weighted by molar-refractivity contribution is 0.462. The Morgan fingerprint density at radius 1 is 1.00 bits per heavy atom. The predicted molar refractivity (Wildman–Crippen MR) is 79.7 cm³/mol. The lowest BCUT2D eigenvalue weighted by Gasteiger charge is -2.16. The van der Waals surface area contributed by atoms with Gasteiger partial charge in [0.25, 0.3) is 0 Å². The molecule has 4 heteroatoms. The fourth-order valence-electron chi connectivity index (χ4n) is 0.929. The number of rotatable bonds is 5. The highest BCUT2D eigenvalue weighted by Crippen LogP contribution is 2.04. The van der Waals surface area contributed by atoms with Crippen molar-refractivity contribution >= 4 is 0 Å². The van der Waals surface area contributed by atoms with E-state index in [0.29, 0.717) is 6.54 Å². The molecule has 0 saturated carbocycles. The van der Waals surface area contributed by atoms with Crippen LogP contribution in [0.25, 0.3) is 0 Å². The Morgan fingerprint density at radius 3 is 1.59 bits per heavy atom. The smallest absolute Gasteiger partial charge is 0.0282 e. The van der Waals surface area contributed by atoms with Gasteiger partial charge in [0.05, 0.1) is 0 Å². The lowest BCUT2D eigenvalue weighted by atomic mass is 10.0. The first-order valence-electron chi connectivity index (χ1n) is 5.78. The van der Waals surface area contributed by atoms with Crippen molar-refractivity contribution in [3.8, 4) is 0 Å². The van der Waals surface area contributed by atoms with Gasteiger partial charge in [-0.15, -0.1) is 0 Å². The van der Waals surface area contributed by atoms with E-state index in [1.807, 2.05) is 39.8 Å². The lowest BCUT2D eigenvalue weighted by Crippen LogP contribution is -2.32. The van der Waals surface area contributed by atoms with Crippen molar-refractivity contribution in [3.05, 3.63) is 12.2 Å². The summed E-state index contributed by atoms with van der Waals surface area (Å²) in [5, 5.41) is 0. The van der Waals surface area contributed by atoms with Crippen LogP contribution in [0.4, 0.5) is 0 Å². The highest BCUT2D eigenvalue weighted by molar-refractivity contribution is 4.98. The van der Waals surface area contributed by atoms with Gasteiger partial charge >= 0.3 is 0 Å². The van der Waals surface area contributed by atoms with Gasteiger partial charge in [-0.1, -0.05) is 19.6 Å². The molecule has 8 N–H and O–H groups in total. The Bertz CT molecular complexity index is 175. The van der Waals surface area contributed by atoms with Gasteiger partial charge in [0.2, 0.25) is 0 Å². The molecule has 0 aromatic carbocycles. The summed E-state index contributed by atoms with van der Waals surface area (Å²) in [6.07, 6.45) is 5.81. The van der Waals surface area contributed by atoms with Crippen LogP contribution in [0, 0.1) is 0 Å². The maximum Gasteiger partial charge on any atom is 0.0282 e. The van der Waals surface area contributed by atoms with Crippen molar-refractivity contribution in [1.82, 2.24) is 0 Å². The topological polar surface area (TPSA) is 104 Å². The van der Waals surface area contributed by atoms with Crippen LogP contribution in [0.1, 0.15) is 48.0 Å². The molecule has 106 valence electrons. The molecule has 0 saturated heterocycles. The Labute approximate surface area is 108 Å². The maximum absolute atomic E-state index is 5.67. The minimum atomic E-state index is -0.209. The zero-order valence-electron chi connectivity index (χ0n) is 11.3. The third-order valence-corrected chi connectivity index (χ3v) is 1.71. The molecule has 0 aromatic heterocycles. The summed E-state index contributed by atoms with van der Waals surface area (Å²) >= 11 is 0. The summed E-state index contributed by atoms with van der Waals surface area (Å²) in [5.74, 6) is 0. The predicted octanol–water partition coefficient (Wildman–Crippen LogP) is 1.34. The number of hydrogen-bond donors (Lipinski definition) is 4. The average Bonchev–Trinajstić information content (AvgIpc) is 2.10. The Hall–Kier alpha value is -0.420. The molecule has 0 amide bonds. The highest BCUT2D eigenvalue weighted by atomic mass is 14.7. The van der Waals surface area contributed by atoms with Gasteiger partial charge in [0.15, 0.2) is 0 Å². The van der Waals surface area contributed by atoms with Crippen LogP contribution < -0.4 is 22.9 Å². The van der Waals surface area contributed by atoms with Crippen molar-refractivity contribution in [1.29, 1.82) is 0 Å². The average molecular weight is 246 g/mol. The molecule has 0 bridgehead atoms. The number of hydrogen-bond acceptors (Lipinski definition) is 4. The fraction of sp³-hybridized carbons (Fsp3) is 0.846. The first-order valence-corrected chi connectivity index (χ1v) is 5.78. The molecule has 0 heterocycles. The van der Waals surface area contributed by atoms with Crippen LogP contribution in [0.2, 0.25) is 0 Å². The van der Waals surface area contributed by atoms with E-state index in [9.17, 15) is 0 Å². The van der Waals surface area contributed by atoms with Crippen LogP contribution in [0.5, 0.6) is 0 Å². The van der Waals surface area contributed by atoms with E-state index in [1.165, 1.54) is 0 Å². The highest BCUT2D eigenvalue weighted by Gasteiger charge is 2.07. The molecular formula is C13H34N4. The summed E-state index contributed by atoms with van der Waals surface area (Å²) in [7, 11) is 0. The molecule has 0 rings (SSSR count). The second-order valence-electron chi connectivity index (χ2n) is 5.34. The summed E-state index contributed by atoms with van der Waals surface area (Å²) < 4.78 is 0. The van der Waals surface area contributed by atoms with Crippen molar-refractivity contribution < 1.29 is 0 Å². The quantitative estimate of drug-likeness (QED) is 0.549. The molecule has 0 aliphatic rings. The van der Waals surface area contributed by atoms with Crippen LogP contribution in [0.3, 0.4) is 0 Å². The molecule has 17 heavy (non-hydrogen) atoms. The van der Waals surface area contributed by atoms with Crippen molar-refractivity contribution in [3.63, 3.8) is 0 Å². The van der Waals surface area contributed by atoms with Crippen molar-refractivity contribution in [2.45, 2.75) is 59.0 Å². The first-order chi connectivity index (χ1) is 7.12. The SMILES string of the molecule is C.CC(C)(N)C=CCN.CC(C)(N)CCCN. The molecule has 0 aliphatic carbocycles. The van der Waals surface area contributed by atoms with Gasteiger partial charge in [-0.05, 0) is 47.1 Å². The summed E-state index contributed by atoms with van der Waals surface area (Å²) in [6, 6.07) is 0. The van der Waals surface area contributed by atoms with Crippen LogP contribution in [-0.2, 0) is 0 Å². The Morgan fingerprint density at radius 2 is 1.47 bits per heavy atom. The summed E-state index contributed by atoms with van der Waals surface area (Å²) in [4.78, 5) is 0. The van der Waals surface area contributed by atoms with E-state index in [4.69, 9.17) is 22.9 Å². The molecule has 0 spiro atoms. The zero-order chi connectivity index (χ0) is 13.2. The van der Waals surface area contributed by atoms with E-state index in [1.54, 1.807) is 0 Å². The third kappa shape index (κ3) is 31.3. The van der Waals surface area contributed by atoms with Crippen LogP contribution >= 0.6 is 0 Å². The van der Waals surface area contributed by atoms with Gasteiger partial charge in [-0.3, -0.25) is 0 Å². The molecule has 0 radical (unpaired) electrons. The second-order valence-corrected chi connectivity index (χ2v) is 5.34. The molecule has 0 atom stereocenters. The van der Waals surface area contributed by atoms with Crippen LogP contribution in [-0.4, -0.2) is 24.2 Å². The second kappa shape index (κ2) is 10.7. The van der Waals surface area contributed by atoms with Crippen molar-refractivity contribution in [2.24, 2.45) is 22.9 Å². The number of nitrogens with two attached hydrogens (primary N) is 4. The molecule has 0 aliphatic heterocycles. The maximum atomic E-state index is 5.67. The van der Waals surface area contributed by atoms with E-state index < -0.39 is 0 Å². The van der Waals surface area contributed by atoms with E-state index in [-0.39, 0.29) is 18.5 Å². The van der Waals surface area contributed by atoms with Gasteiger partial charge < -0.3 is 22.9 Å². The van der Waals surface area contributed by atoms with Gasteiger partial charge in [-0.2, -0.15) is 0 Å². The molecule has 4 nitrogen and oxygen atoms in total. The van der Waals surface area contributed by atoms with E-state index in [2.05, 4.69) is 0 Å². The molecule has 0 aromatic rings. The largest absolute Gasteiger partial charge is 0.330 e. The van der Waals surface area contributed by atoms with Gasteiger partial charge in [0, 0.05) is 17.6 Å². The van der Waals surface area contributed by atoms with Gasteiger partial charge in [0.1, 0.15) is 0 Å². The van der Waals surface area contributed by atoms with Crippen LogP contribution in [0.15, 0.2) is 12.2 Å². The van der Waals surface area contributed by atoms with E-state index in [0.717, 1.165) is 19.4 Å². The Kier molecular flexibility index (Phi) is 13.8. The molecular weight excluding hydrogens is 212 g/mol. The van der Waals surface area contributed by atoms with E-state index >= 15 is 0 Å². The summed E-state index contributed by atoms with van der Waals surface area (Å²) in [6.45, 7) is 9.21. The standard InChI is InChI=1S/C6H16N2.C6H14N2.CH4/c2*1-6(2,8)4-3-5-7;/h3-5,7-8H2,1-2H3;3-4H,5,7-8H2,1-2H3;1H4. The fourth-order valence-corrected chi connectivity index (χ4v) is 0.929. The minimum Gasteiger partial charge on any atom is -0.330 e. The summed E-state index contributed by atoms with van der Waals surface area (Å²) in [5.41, 5.74) is 21.5. The monoisotopic (exact) mass is 246 g/mol.